The quantitative estimate of drug-likeness (QED) is 0.153. The van der Waals surface area contributed by atoms with Crippen molar-refractivity contribution in [2.45, 2.75) is 0 Å². The first-order valence-corrected chi connectivity index (χ1v) is 21.5. The van der Waals surface area contributed by atoms with Gasteiger partial charge in [0.1, 0.15) is 11.2 Å². The summed E-state index contributed by atoms with van der Waals surface area (Å²) in [5.41, 5.74) is 17.7. The van der Waals surface area contributed by atoms with Crippen molar-refractivity contribution in [2.24, 2.45) is 0 Å². The Morgan fingerprint density at radius 3 is 1.65 bits per heavy atom. The van der Waals surface area contributed by atoms with Gasteiger partial charge in [0.05, 0.1) is 16.7 Å². The van der Waals surface area contributed by atoms with Crippen LogP contribution < -0.4 is 4.90 Å². The van der Waals surface area contributed by atoms with Crippen molar-refractivity contribution in [3.8, 4) is 50.2 Å². The third-order valence-electron chi connectivity index (χ3n) is 12.4. The number of anilines is 3. The minimum Gasteiger partial charge on any atom is -0.456 e. The number of nitrogens with zero attached hydrogens (tertiary/aromatic N) is 2. The summed E-state index contributed by atoms with van der Waals surface area (Å²) in [6.07, 6.45) is 0. The van der Waals surface area contributed by atoms with Crippen molar-refractivity contribution >= 4 is 60.8 Å². The Hall–Kier alpha value is -8.40. The maximum absolute atomic E-state index is 6.56. The fourth-order valence-corrected chi connectivity index (χ4v) is 9.62. The fraction of sp³-hybridized carbons (Fsp3) is 0. The Morgan fingerprint density at radius 1 is 0.333 bits per heavy atom. The molecule has 0 saturated carbocycles. The molecule has 12 aromatic rings. The van der Waals surface area contributed by atoms with Gasteiger partial charge >= 0.3 is 0 Å². The highest BCUT2D eigenvalue weighted by Crippen LogP contribution is 2.49. The van der Waals surface area contributed by atoms with Gasteiger partial charge in [-0.2, -0.15) is 0 Å². The van der Waals surface area contributed by atoms with Crippen LogP contribution in [0.5, 0.6) is 0 Å². The standard InChI is InChI=1S/C60H40N2O/c1-4-18-41(19-5-1)47-24-10-11-26-52(47)59-48(42-20-6-2-7-21-42)28-16-31-55(59)61(46-38-39-51-50-25-13-15-33-57(50)63-58(51)40-46)45-36-34-43(35-37-45)49-29-17-32-56-60(49)53-27-12-14-30-54(53)62(56)44-22-8-3-9-23-44/h1-40H. The molecule has 2 heterocycles. The number of hydrogen-bond acceptors (Lipinski definition) is 2. The average Bonchev–Trinajstić information content (AvgIpc) is 3.91. The van der Waals surface area contributed by atoms with E-state index in [-0.39, 0.29) is 0 Å². The lowest BCUT2D eigenvalue weighted by Crippen LogP contribution is -2.12. The normalized spacial score (nSPS) is 11.5. The summed E-state index contributed by atoms with van der Waals surface area (Å²) < 4.78 is 8.94. The molecular weight excluding hydrogens is 765 g/mol. The average molecular weight is 805 g/mol. The van der Waals surface area contributed by atoms with Gasteiger partial charge in [0, 0.05) is 50.2 Å². The van der Waals surface area contributed by atoms with Crippen LogP contribution in [0.2, 0.25) is 0 Å². The van der Waals surface area contributed by atoms with Crippen molar-refractivity contribution in [3.63, 3.8) is 0 Å². The molecule has 0 atom stereocenters. The maximum Gasteiger partial charge on any atom is 0.137 e. The van der Waals surface area contributed by atoms with Crippen LogP contribution in [0.1, 0.15) is 0 Å². The molecule has 0 aliphatic heterocycles. The molecule has 12 rings (SSSR count). The molecule has 0 unspecified atom stereocenters. The largest absolute Gasteiger partial charge is 0.456 e. The van der Waals surface area contributed by atoms with E-state index in [9.17, 15) is 0 Å². The zero-order chi connectivity index (χ0) is 41.7. The Bertz CT molecular complexity index is 3600. The molecule has 0 saturated heterocycles. The zero-order valence-corrected chi connectivity index (χ0v) is 34.4. The predicted molar refractivity (Wildman–Crippen MR) is 264 cm³/mol. The van der Waals surface area contributed by atoms with Gasteiger partial charge in [-0.25, -0.2) is 0 Å². The van der Waals surface area contributed by atoms with Gasteiger partial charge in [-0.3, -0.25) is 0 Å². The number of para-hydroxylation sites is 3. The van der Waals surface area contributed by atoms with Crippen LogP contribution in [0.25, 0.3) is 93.9 Å². The van der Waals surface area contributed by atoms with E-state index in [1.165, 1.54) is 38.5 Å². The summed E-state index contributed by atoms with van der Waals surface area (Å²) in [6.45, 7) is 0. The predicted octanol–water partition coefficient (Wildman–Crippen LogP) is 16.8. The Labute approximate surface area is 366 Å². The fourth-order valence-electron chi connectivity index (χ4n) is 9.62. The topological polar surface area (TPSA) is 21.3 Å². The maximum atomic E-state index is 6.56. The summed E-state index contributed by atoms with van der Waals surface area (Å²) >= 11 is 0. The molecular formula is C60H40N2O. The smallest absolute Gasteiger partial charge is 0.137 e. The highest BCUT2D eigenvalue weighted by molar-refractivity contribution is 6.16. The van der Waals surface area contributed by atoms with Crippen LogP contribution in [0.15, 0.2) is 247 Å². The lowest BCUT2D eigenvalue weighted by atomic mass is 9.87. The molecule has 3 nitrogen and oxygen atoms in total. The summed E-state index contributed by atoms with van der Waals surface area (Å²) in [4.78, 5) is 2.40. The van der Waals surface area contributed by atoms with Crippen molar-refractivity contribution in [3.05, 3.63) is 243 Å². The monoisotopic (exact) mass is 804 g/mol. The Kier molecular flexibility index (Phi) is 8.83. The molecule has 0 fully saturated rings. The van der Waals surface area contributed by atoms with Gasteiger partial charge in [-0.15, -0.1) is 0 Å². The van der Waals surface area contributed by atoms with Gasteiger partial charge in [-0.05, 0) is 99.6 Å². The van der Waals surface area contributed by atoms with Crippen LogP contribution in [-0.4, -0.2) is 4.57 Å². The number of aromatic nitrogens is 1. The first kappa shape index (κ1) is 36.5. The van der Waals surface area contributed by atoms with E-state index in [1.807, 2.05) is 12.1 Å². The van der Waals surface area contributed by atoms with Crippen LogP contribution in [-0.2, 0) is 0 Å². The number of benzene rings is 10. The second kappa shape index (κ2) is 15.3. The molecule has 0 aliphatic carbocycles. The molecule has 0 amide bonds. The first-order valence-electron chi connectivity index (χ1n) is 21.5. The number of fused-ring (bicyclic) bond motifs is 6. The number of rotatable bonds is 8. The van der Waals surface area contributed by atoms with E-state index in [4.69, 9.17) is 4.42 Å². The summed E-state index contributed by atoms with van der Waals surface area (Å²) in [5.74, 6) is 0. The molecule has 3 heteroatoms. The summed E-state index contributed by atoms with van der Waals surface area (Å²) in [7, 11) is 0. The van der Waals surface area contributed by atoms with Crippen LogP contribution >= 0.6 is 0 Å². The first-order chi connectivity index (χ1) is 31.3. The molecule has 63 heavy (non-hydrogen) atoms. The van der Waals surface area contributed by atoms with Crippen LogP contribution in [0, 0.1) is 0 Å². The second-order valence-corrected chi connectivity index (χ2v) is 16.0. The van der Waals surface area contributed by atoms with Gasteiger partial charge in [0.25, 0.3) is 0 Å². The van der Waals surface area contributed by atoms with Gasteiger partial charge < -0.3 is 13.9 Å². The van der Waals surface area contributed by atoms with Gasteiger partial charge in [0.2, 0.25) is 0 Å². The van der Waals surface area contributed by atoms with E-state index < -0.39 is 0 Å². The molecule has 0 radical (unpaired) electrons. The molecule has 0 spiro atoms. The van der Waals surface area contributed by atoms with Gasteiger partial charge in [0.15, 0.2) is 0 Å². The zero-order valence-electron chi connectivity index (χ0n) is 34.4. The highest BCUT2D eigenvalue weighted by atomic mass is 16.3. The minimum absolute atomic E-state index is 0.849. The van der Waals surface area contributed by atoms with E-state index in [0.29, 0.717) is 0 Å². The van der Waals surface area contributed by atoms with Crippen molar-refractivity contribution < 1.29 is 4.42 Å². The second-order valence-electron chi connectivity index (χ2n) is 16.0. The number of furan rings is 1. The van der Waals surface area contributed by atoms with Crippen molar-refractivity contribution in [2.75, 3.05) is 4.90 Å². The molecule has 0 N–H and O–H groups in total. The van der Waals surface area contributed by atoms with E-state index in [0.717, 1.165) is 72.5 Å². The number of hydrogen-bond donors (Lipinski definition) is 0. The third-order valence-corrected chi connectivity index (χ3v) is 12.4. The SMILES string of the molecule is c1ccc(-c2ccccc2-c2c(-c3ccccc3)cccc2N(c2ccc(-c3cccc4c3c3ccccc3n4-c3ccccc3)cc2)c2ccc3c(c2)oc2ccccc23)cc1. The molecule has 10 aromatic carbocycles. The van der Waals surface area contributed by atoms with Gasteiger partial charge in [-0.1, -0.05) is 176 Å². The molecule has 0 bridgehead atoms. The summed E-state index contributed by atoms with van der Waals surface area (Å²) in [5, 5.41) is 4.69. The molecule has 2 aromatic heterocycles. The van der Waals surface area contributed by atoms with E-state index in [1.54, 1.807) is 0 Å². The van der Waals surface area contributed by atoms with Crippen LogP contribution in [0.3, 0.4) is 0 Å². The minimum atomic E-state index is 0.849. The lowest BCUT2D eigenvalue weighted by Gasteiger charge is -2.30. The van der Waals surface area contributed by atoms with Crippen molar-refractivity contribution in [1.82, 2.24) is 4.57 Å². The Balaban J connectivity index is 1.09. The third kappa shape index (κ3) is 6.21. The molecule has 296 valence electrons. The molecule has 0 aliphatic rings. The van der Waals surface area contributed by atoms with Crippen molar-refractivity contribution in [1.29, 1.82) is 0 Å². The van der Waals surface area contributed by atoms with Crippen LogP contribution in [0.4, 0.5) is 17.1 Å². The van der Waals surface area contributed by atoms with E-state index in [2.05, 4.69) is 240 Å². The highest BCUT2D eigenvalue weighted by Gasteiger charge is 2.24. The summed E-state index contributed by atoms with van der Waals surface area (Å²) in [6, 6.07) is 87.1. The lowest BCUT2D eigenvalue weighted by molar-refractivity contribution is 0.669. The van der Waals surface area contributed by atoms with E-state index >= 15 is 0 Å². The Morgan fingerprint density at radius 2 is 0.873 bits per heavy atom.